The topological polar surface area (TPSA) is 66.4 Å². The van der Waals surface area contributed by atoms with Gasteiger partial charge in [-0.3, -0.25) is 4.79 Å². The number of rotatable bonds is 5. The zero-order valence-corrected chi connectivity index (χ0v) is 13.1. The Bertz CT molecular complexity index is 731. The molecule has 2 aromatic rings. The Labute approximate surface area is 137 Å². The highest BCUT2D eigenvalue weighted by Gasteiger charge is 2.18. The van der Waals surface area contributed by atoms with E-state index in [0.717, 1.165) is 5.56 Å². The fraction of sp³-hybridized carbons (Fsp3) is 0.176. The number of hydrogen-bond donors (Lipinski definition) is 2. The third kappa shape index (κ3) is 4.53. The van der Waals surface area contributed by atoms with E-state index in [2.05, 4.69) is 5.32 Å². The molecule has 6 heteroatoms. The van der Waals surface area contributed by atoms with Gasteiger partial charge in [-0.1, -0.05) is 30.7 Å². The van der Waals surface area contributed by atoms with Gasteiger partial charge >= 0.3 is 5.97 Å². The van der Waals surface area contributed by atoms with Gasteiger partial charge in [-0.2, -0.15) is 0 Å². The van der Waals surface area contributed by atoms with Crippen LogP contribution in [-0.2, 0) is 11.2 Å². The quantitative estimate of drug-likeness (QED) is 0.868. The number of halogens is 2. The molecule has 0 aromatic heterocycles. The molecule has 1 amide bonds. The van der Waals surface area contributed by atoms with E-state index in [0.29, 0.717) is 11.4 Å². The first-order valence-corrected chi connectivity index (χ1v) is 7.33. The molecule has 0 heterocycles. The van der Waals surface area contributed by atoms with Gasteiger partial charge in [0, 0.05) is 10.9 Å². The smallest absolute Gasteiger partial charge is 0.337 e. The van der Waals surface area contributed by atoms with Crippen molar-refractivity contribution in [1.82, 2.24) is 0 Å². The van der Waals surface area contributed by atoms with E-state index >= 15 is 0 Å². The summed E-state index contributed by atoms with van der Waals surface area (Å²) < 4.78 is 12.9. The molecule has 0 saturated carbocycles. The number of benzene rings is 2. The van der Waals surface area contributed by atoms with Crippen LogP contribution in [0.3, 0.4) is 0 Å². The Morgan fingerprint density at radius 2 is 1.87 bits per heavy atom. The minimum Gasteiger partial charge on any atom is -0.478 e. The predicted octanol–water partition coefficient (Wildman–Crippen LogP) is 3.99. The summed E-state index contributed by atoms with van der Waals surface area (Å²) in [6.45, 7) is 1.71. The van der Waals surface area contributed by atoms with Crippen molar-refractivity contribution in [3.05, 3.63) is 64.4 Å². The lowest BCUT2D eigenvalue weighted by atomic mass is 10.00. The predicted molar refractivity (Wildman–Crippen MR) is 86.3 cm³/mol. The fourth-order valence-corrected chi connectivity index (χ4v) is 2.30. The summed E-state index contributed by atoms with van der Waals surface area (Å²) in [5.74, 6) is -2.24. The maximum Gasteiger partial charge on any atom is 0.337 e. The molecule has 0 aliphatic carbocycles. The molecule has 0 fully saturated rings. The second-order valence-corrected chi connectivity index (χ2v) is 5.65. The average Bonchev–Trinajstić information content (AvgIpc) is 2.49. The SMILES string of the molecule is CC(Cc1ccc(F)cc1)C(=O)Nc1cc(Cl)ccc1C(=O)O. The highest BCUT2D eigenvalue weighted by atomic mass is 35.5. The molecule has 0 aliphatic heterocycles. The number of carboxylic acid groups (broad SMARTS) is 1. The van der Waals surface area contributed by atoms with Crippen LogP contribution in [0.5, 0.6) is 0 Å². The highest BCUT2D eigenvalue weighted by Crippen LogP contribution is 2.22. The largest absolute Gasteiger partial charge is 0.478 e. The van der Waals surface area contributed by atoms with Crippen LogP contribution in [0.1, 0.15) is 22.8 Å². The van der Waals surface area contributed by atoms with Gasteiger partial charge in [0.2, 0.25) is 5.91 Å². The van der Waals surface area contributed by atoms with Crippen molar-refractivity contribution in [3.8, 4) is 0 Å². The summed E-state index contributed by atoms with van der Waals surface area (Å²) in [5, 5.41) is 12.1. The van der Waals surface area contributed by atoms with Gasteiger partial charge in [-0.05, 0) is 42.3 Å². The number of amides is 1. The fourth-order valence-electron chi connectivity index (χ4n) is 2.13. The third-order valence-corrected chi connectivity index (χ3v) is 3.61. The molecule has 2 N–H and O–H groups in total. The Hall–Kier alpha value is -2.40. The summed E-state index contributed by atoms with van der Waals surface area (Å²) in [5.41, 5.74) is 0.941. The van der Waals surface area contributed by atoms with Gasteiger partial charge < -0.3 is 10.4 Å². The summed E-state index contributed by atoms with van der Waals surface area (Å²) >= 11 is 5.85. The Balaban J connectivity index is 2.10. The second-order valence-electron chi connectivity index (χ2n) is 5.22. The maximum atomic E-state index is 12.9. The van der Waals surface area contributed by atoms with Crippen molar-refractivity contribution < 1.29 is 19.1 Å². The van der Waals surface area contributed by atoms with Crippen molar-refractivity contribution in [3.63, 3.8) is 0 Å². The first kappa shape index (κ1) is 17.0. The average molecular weight is 336 g/mol. The van der Waals surface area contributed by atoms with Crippen molar-refractivity contribution in [2.24, 2.45) is 5.92 Å². The monoisotopic (exact) mass is 335 g/mol. The lowest BCUT2D eigenvalue weighted by molar-refractivity contribution is -0.119. The van der Waals surface area contributed by atoms with E-state index in [1.165, 1.54) is 30.3 Å². The van der Waals surface area contributed by atoms with E-state index < -0.39 is 11.9 Å². The molecular weight excluding hydrogens is 321 g/mol. The van der Waals surface area contributed by atoms with Crippen molar-refractivity contribution in [1.29, 1.82) is 0 Å². The van der Waals surface area contributed by atoms with Gasteiger partial charge in [-0.15, -0.1) is 0 Å². The highest BCUT2D eigenvalue weighted by molar-refractivity contribution is 6.31. The molecule has 0 radical (unpaired) electrons. The molecule has 0 aliphatic rings. The Kier molecular flexibility index (Phi) is 5.34. The summed E-state index contributed by atoms with van der Waals surface area (Å²) in [6, 6.07) is 10.1. The molecule has 120 valence electrons. The van der Waals surface area contributed by atoms with Crippen LogP contribution >= 0.6 is 11.6 Å². The molecule has 4 nitrogen and oxygen atoms in total. The normalized spacial score (nSPS) is 11.8. The summed E-state index contributed by atoms with van der Waals surface area (Å²) in [7, 11) is 0. The van der Waals surface area contributed by atoms with Crippen LogP contribution in [0.4, 0.5) is 10.1 Å². The standard InChI is InChI=1S/C17H15ClFNO3/c1-10(8-11-2-5-13(19)6-3-11)16(21)20-15-9-12(18)4-7-14(15)17(22)23/h2-7,9-10H,8H2,1H3,(H,20,21)(H,22,23). The van der Waals surface area contributed by atoms with E-state index in [9.17, 15) is 14.0 Å². The lowest BCUT2D eigenvalue weighted by Gasteiger charge is -2.14. The maximum absolute atomic E-state index is 12.9. The van der Waals surface area contributed by atoms with Gasteiger partial charge in [0.25, 0.3) is 0 Å². The minimum absolute atomic E-state index is 0.0308. The molecule has 1 atom stereocenters. The van der Waals surface area contributed by atoms with Crippen LogP contribution in [0.15, 0.2) is 42.5 Å². The van der Waals surface area contributed by atoms with Crippen molar-refractivity contribution in [2.75, 3.05) is 5.32 Å². The van der Waals surface area contributed by atoms with Gasteiger partial charge in [-0.25, -0.2) is 9.18 Å². The van der Waals surface area contributed by atoms with Crippen LogP contribution < -0.4 is 5.32 Å². The second kappa shape index (κ2) is 7.24. The molecular formula is C17H15ClFNO3. The van der Waals surface area contributed by atoms with E-state index in [-0.39, 0.29) is 23.0 Å². The summed E-state index contributed by atoms with van der Waals surface area (Å²) in [6.07, 6.45) is 0.412. The number of anilines is 1. The molecule has 2 aromatic carbocycles. The van der Waals surface area contributed by atoms with Gasteiger partial charge in [0.15, 0.2) is 0 Å². The van der Waals surface area contributed by atoms with E-state index in [1.807, 2.05) is 0 Å². The van der Waals surface area contributed by atoms with Gasteiger partial charge in [0.1, 0.15) is 5.82 Å². The minimum atomic E-state index is -1.15. The molecule has 0 spiro atoms. The zero-order valence-electron chi connectivity index (χ0n) is 12.3. The molecule has 1 unspecified atom stereocenters. The first-order valence-electron chi connectivity index (χ1n) is 6.95. The number of nitrogens with one attached hydrogen (secondary N) is 1. The van der Waals surface area contributed by atoms with Crippen molar-refractivity contribution in [2.45, 2.75) is 13.3 Å². The number of hydrogen-bond acceptors (Lipinski definition) is 2. The van der Waals surface area contributed by atoms with Crippen LogP contribution in [0, 0.1) is 11.7 Å². The number of carboxylic acids is 1. The first-order chi connectivity index (χ1) is 10.9. The molecule has 0 saturated heterocycles. The molecule has 2 rings (SSSR count). The summed E-state index contributed by atoms with van der Waals surface area (Å²) in [4.78, 5) is 23.4. The molecule has 0 bridgehead atoms. The Morgan fingerprint density at radius 1 is 1.22 bits per heavy atom. The van der Waals surface area contributed by atoms with Gasteiger partial charge in [0.05, 0.1) is 11.3 Å². The van der Waals surface area contributed by atoms with Crippen LogP contribution in [0.25, 0.3) is 0 Å². The Morgan fingerprint density at radius 3 is 2.48 bits per heavy atom. The lowest BCUT2D eigenvalue weighted by Crippen LogP contribution is -2.23. The number of carbonyl (C=O) groups excluding carboxylic acids is 1. The van der Waals surface area contributed by atoms with Crippen molar-refractivity contribution >= 4 is 29.2 Å². The molecule has 23 heavy (non-hydrogen) atoms. The number of carbonyl (C=O) groups is 2. The van der Waals surface area contributed by atoms with E-state index in [1.54, 1.807) is 19.1 Å². The third-order valence-electron chi connectivity index (χ3n) is 3.37. The van der Waals surface area contributed by atoms with Crippen LogP contribution in [0.2, 0.25) is 5.02 Å². The van der Waals surface area contributed by atoms with Crippen LogP contribution in [-0.4, -0.2) is 17.0 Å². The number of aromatic carboxylic acids is 1. The zero-order chi connectivity index (χ0) is 17.0. The van der Waals surface area contributed by atoms with E-state index in [4.69, 9.17) is 16.7 Å².